The van der Waals surface area contributed by atoms with Crippen LogP contribution in [0.25, 0.3) is 0 Å². The lowest BCUT2D eigenvalue weighted by atomic mass is 10.1. The van der Waals surface area contributed by atoms with E-state index in [0.29, 0.717) is 12.8 Å². The fourth-order valence-corrected chi connectivity index (χ4v) is 3.42. The molecule has 0 aliphatic carbocycles. The van der Waals surface area contributed by atoms with Gasteiger partial charge in [-0.3, -0.25) is 14.4 Å². The molecule has 44 heavy (non-hydrogen) atoms. The molecule has 0 aliphatic rings. The molecule has 1 atom stereocenters. The number of allylic oxidation sites excluding steroid dienone is 1. The van der Waals surface area contributed by atoms with Gasteiger partial charge in [0.25, 0.3) is 0 Å². The van der Waals surface area contributed by atoms with E-state index in [1.54, 1.807) is 47.6 Å². The summed E-state index contributed by atoms with van der Waals surface area (Å²) >= 11 is 0. The molecule has 0 amide bonds. The van der Waals surface area contributed by atoms with Gasteiger partial charge in [0.2, 0.25) is 0 Å². The van der Waals surface area contributed by atoms with Crippen LogP contribution in [-0.4, -0.2) is 51.6 Å². The highest BCUT2D eigenvalue weighted by Crippen LogP contribution is 2.14. The molecule has 0 fully saturated rings. The molecule has 2 N–H and O–H groups in total. The van der Waals surface area contributed by atoms with E-state index in [-0.39, 0.29) is 18.4 Å². The molecule has 0 aromatic heterocycles. The molecule has 0 bridgehead atoms. The number of carboxylic acid groups (broad SMARTS) is 2. The molecule has 9 heteroatoms. The van der Waals surface area contributed by atoms with Crippen LogP contribution in [0.4, 0.5) is 0 Å². The number of hydrogen-bond acceptors (Lipinski definition) is 7. The summed E-state index contributed by atoms with van der Waals surface area (Å²) in [6, 6.07) is 19.8. The standard InChI is InChI=1S/C17H22O4.C9H16O4.C9H10O/c1-17(2,3)21-15(18)12-14(16(19)20)11-7-10-13-8-5-4-6-9-13;1-6(8(11)12)5-7(10)13-9(2,3)4;10-8-4-7-9-5-2-1-3-6-9/h4-6,8-9,11H,7,10,12H2,1-3H3,(H,19,20);6H,5H2,1-4H3,(H,11,12);1-3,5-6,8H,4,7H2/b14-11+;;. The highest BCUT2D eigenvalue weighted by molar-refractivity contribution is 5.92. The van der Waals surface area contributed by atoms with Gasteiger partial charge in [0.1, 0.15) is 17.5 Å². The van der Waals surface area contributed by atoms with E-state index >= 15 is 0 Å². The topological polar surface area (TPSA) is 144 Å². The Morgan fingerprint density at radius 1 is 0.727 bits per heavy atom. The lowest BCUT2D eigenvalue weighted by Gasteiger charge is -2.20. The molecule has 2 aromatic carbocycles. The Labute approximate surface area is 261 Å². The Morgan fingerprint density at radius 3 is 1.55 bits per heavy atom. The molecule has 0 radical (unpaired) electrons. The number of rotatable bonds is 12. The van der Waals surface area contributed by atoms with Crippen molar-refractivity contribution >= 4 is 30.2 Å². The van der Waals surface area contributed by atoms with E-state index in [2.05, 4.69) is 0 Å². The highest BCUT2D eigenvalue weighted by atomic mass is 16.6. The van der Waals surface area contributed by atoms with Crippen LogP contribution in [0.15, 0.2) is 72.3 Å². The van der Waals surface area contributed by atoms with Gasteiger partial charge in [-0.05, 0) is 71.9 Å². The number of carbonyl (C=O) groups is 5. The minimum absolute atomic E-state index is 0.0768. The van der Waals surface area contributed by atoms with E-state index < -0.39 is 41.0 Å². The van der Waals surface area contributed by atoms with Crippen molar-refractivity contribution in [3.05, 3.63) is 83.4 Å². The first-order valence-electron chi connectivity index (χ1n) is 14.5. The van der Waals surface area contributed by atoms with Gasteiger partial charge in [-0.1, -0.05) is 73.7 Å². The molecular weight excluding hydrogens is 564 g/mol. The maximum absolute atomic E-state index is 11.7. The van der Waals surface area contributed by atoms with Gasteiger partial charge < -0.3 is 24.5 Å². The molecule has 0 saturated heterocycles. The number of esters is 2. The van der Waals surface area contributed by atoms with Crippen molar-refractivity contribution in [1.82, 2.24) is 0 Å². The Kier molecular flexibility index (Phi) is 18.6. The van der Waals surface area contributed by atoms with E-state index in [1.165, 1.54) is 12.5 Å². The molecular formula is C35H48O9. The number of carboxylic acids is 2. The quantitative estimate of drug-likeness (QED) is 0.153. The summed E-state index contributed by atoms with van der Waals surface area (Å²) in [6.07, 6.45) is 5.08. The van der Waals surface area contributed by atoms with Crippen molar-refractivity contribution in [3.63, 3.8) is 0 Å². The predicted molar refractivity (Wildman–Crippen MR) is 169 cm³/mol. The van der Waals surface area contributed by atoms with Gasteiger partial charge in [0, 0.05) is 12.0 Å². The van der Waals surface area contributed by atoms with Crippen LogP contribution < -0.4 is 0 Å². The van der Waals surface area contributed by atoms with Gasteiger partial charge in [0.05, 0.1) is 18.8 Å². The Hall–Kier alpha value is -4.27. The summed E-state index contributed by atoms with van der Waals surface area (Å²) in [7, 11) is 0. The maximum Gasteiger partial charge on any atom is 0.331 e. The minimum Gasteiger partial charge on any atom is -0.481 e. The summed E-state index contributed by atoms with van der Waals surface area (Å²) in [5.74, 6) is -3.73. The van der Waals surface area contributed by atoms with Crippen LogP contribution in [-0.2, 0) is 46.3 Å². The van der Waals surface area contributed by atoms with Crippen molar-refractivity contribution in [2.75, 3.05) is 0 Å². The lowest BCUT2D eigenvalue weighted by Crippen LogP contribution is -2.26. The molecule has 2 aromatic rings. The maximum atomic E-state index is 11.7. The summed E-state index contributed by atoms with van der Waals surface area (Å²) in [5, 5.41) is 17.7. The number of benzene rings is 2. The summed E-state index contributed by atoms with van der Waals surface area (Å²) < 4.78 is 10.1. The van der Waals surface area contributed by atoms with Crippen LogP contribution in [0.3, 0.4) is 0 Å². The fraction of sp³-hybridized carbons (Fsp3) is 0.457. The number of ether oxygens (including phenoxy) is 2. The van der Waals surface area contributed by atoms with Crippen molar-refractivity contribution in [3.8, 4) is 0 Å². The van der Waals surface area contributed by atoms with Gasteiger partial charge >= 0.3 is 23.9 Å². The van der Waals surface area contributed by atoms with Crippen LogP contribution >= 0.6 is 0 Å². The first kappa shape index (κ1) is 39.7. The average Bonchev–Trinajstić information content (AvgIpc) is 2.91. The number of aliphatic carboxylic acids is 2. The zero-order valence-electron chi connectivity index (χ0n) is 27.0. The molecule has 2 rings (SSSR count). The second kappa shape index (κ2) is 20.6. The molecule has 242 valence electrons. The van der Waals surface area contributed by atoms with E-state index in [1.807, 2.05) is 60.7 Å². The third-order valence-electron chi connectivity index (χ3n) is 5.40. The first-order valence-corrected chi connectivity index (χ1v) is 14.5. The fourth-order valence-electron chi connectivity index (χ4n) is 3.42. The Balaban J connectivity index is 0.000000686. The Morgan fingerprint density at radius 2 is 1.16 bits per heavy atom. The largest absolute Gasteiger partial charge is 0.481 e. The van der Waals surface area contributed by atoms with Gasteiger partial charge in [0.15, 0.2) is 0 Å². The van der Waals surface area contributed by atoms with Crippen LogP contribution in [0, 0.1) is 5.92 Å². The number of aldehydes is 1. The van der Waals surface area contributed by atoms with E-state index in [9.17, 15) is 24.0 Å². The second-order valence-corrected chi connectivity index (χ2v) is 12.0. The smallest absolute Gasteiger partial charge is 0.331 e. The number of carbonyl (C=O) groups excluding carboxylic acids is 3. The minimum atomic E-state index is -1.08. The zero-order valence-corrected chi connectivity index (χ0v) is 27.0. The zero-order chi connectivity index (χ0) is 33.8. The molecule has 0 spiro atoms. The molecule has 0 aliphatic heterocycles. The second-order valence-electron chi connectivity index (χ2n) is 12.0. The first-order chi connectivity index (χ1) is 20.4. The lowest BCUT2D eigenvalue weighted by molar-refractivity contribution is -0.159. The van der Waals surface area contributed by atoms with E-state index in [4.69, 9.17) is 19.7 Å². The van der Waals surface area contributed by atoms with Crippen molar-refractivity contribution < 1.29 is 43.7 Å². The molecule has 1 unspecified atom stereocenters. The van der Waals surface area contributed by atoms with Gasteiger partial charge in [-0.15, -0.1) is 0 Å². The molecule has 0 heterocycles. The van der Waals surface area contributed by atoms with Crippen molar-refractivity contribution in [2.45, 2.75) is 98.2 Å². The number of hydrogen-bond donors (Lipinski definition) is 2. The number of aryl methyl sites for hydroxylation is 2. The van der Waals surface area contributed by atoms with E-state index in [0.717, 1.165) is 24.7 Å². The third-order valence-corrected chi connectivity index (χ3v) is 5.40. The molecule has 9 nitrogen and oxygen atoms in total. The van der Waals surface area contributed by atoms with Gasteiger partial charge in [-0.25, -0.2) is 4.79 Å². The summed E-state index contributed by atoms with van der Waals surface area (Å²) in [6.45, 7) is 12.0. The summed E-state index contributed by atoms with van der Waals surface area (Å²) in [4.78, 5) is 54.3. The highest BCUT2D eigenvalue weighted by Gasteiger charge is 2.21. The monoisotopic (exact) mass is 612 g/mol. The third kappa shape index (κ3) is 22.3. The molecule has 0 saturated carbocycles. The van der Waals surface area contributed by atoms with Gasteiger partial charge in [-0.2, -0.15) is 0 Å². The SMILES string of the molecule is CC(C)(C)OC(=O)C/C(=C\CCc1ccccc1)C(=O)O.CC(CC(=O)OC(C)(C)C)C(=O)O.O=CCCc1ccccc1. The Bertz CT molecular complexity index is 1190. The van der Waals surface area contributed by atoms with Crippen molar-refractivity contribution in [1.29, 1.82) is 0 Å². The average molecular weight is 613 g/mol. The van der Waals surface area contributed by atoms with Crippen LogP contribution in [0.2, 0.25) is 0 Å². The van der Waals surface area contributed by atoms with Crippen molar-refractivity contribution in [2.24, 2.45) is 5.92 Å². The summed E-state index contributed by atoms with van der Waals surface area (Å²) in [5.41, 5.74) is 1.30. The van der Waals surface area contributed by atoms with Crippen LogP contribution in [0.5, 0.6) is 0 Å². The predicted octanol–water partition coefficient (Wildman–Crippen LogP) is 6.62. The normalized spacial score (nSPS) is 11.8. The van der Waals surface area contributed by atoms with Crippen LogP contribution in [0.1, 0.15) is 85.3 Å².